The first-order chi connectivity index (χ1) is 9.54. The van der Waals surface area contributed by atoms with Crippen LogP contribution >= 0.6 is 24.4 Å². The molecule has 3 N–H and O–H groups in total. The molecule has 108 valence electrons. The van der Waals surface area contributed by atoms with Crippen LogP contribution in [0.4, 0.5) is 0 Å². The largest absolute Gasteiger partial charge is 0.508 e. The number of rotatable bonds is 5. The third kappa shape index (κ3) is 3.11. The first kappa shape index (κ1) is 15.2. The van der Waals surface area contributed by atoms with Crippen molar-refractivity contribution in [3.63, 3.8) is 0 Å². The van der Waals surface area contributed by atoms with Gasteiger partial charge in [0, 0.05) is 16.6 Å². The van der Waals surface area contributed by atoms with Crippen molar-refractivity contribution in [2.75, 3.05) is 5.75 Å². The minimum atomic E-state index is -0.911. The van der Waals surface area contributed by atoms with Gasteiger partial charge in [0.05, 0.1) is 11.3 Å². The number of carboxylic acid groups (broad SMARTS) is 1. The molecule has 0 spiro atoms. The van der Waals surface area contributed by atoms with Crippen LogP contribution in [0, 0.1) is 0 Å². The van der Waals surface area contributed by atoms with Crippen LogP contribution in [0.15, 0.2) is 24.3 Å². The maximum Gasteiger partial charge on any atom is 0.321 e. The number of thiol groups is 1. The smallest absolute Gasteiger partial charge is 0.321 e. The van der Waals surface area contributed by atoms with E-state index in [1.54, 1.807) is 18.2 Å². The van der Waals surface area contributed by atoms with Crippen molar-refractivity contribution in [1.82, 2.24) is 5.32 Å². The van der Waals surface area contributed by atoms with E-state index >= 15 is 0 Å². The number of aldehydes is 1. The second kappa shape index (κ2) is 6.51. The van der Waals surface area contributed by atoms with Crippen LogP contribution in [0.25, 0.3) is 0 Å². The Balaban J connectivity index is 2.15. The molecule has 1 aromatic carbocycles. The van der Waals surface area contributed by atoms with Gasteiger partial charge in [-0.3, -0.25) is 10.1 Å². The number of benzene rings is 1. The molecule has 20 heavy (non-hydrogen) atoms. The third-order valence-corrected chi connectivity index (χ3v) is 5.36. The number of hydrogen-bond donors (Lipinski definition) is 4. The summed E-state index contributed by atoms with van der Waals surface area (Å²) in [6.45, 7) is 0. The lowest BCUT2D eigenvalue weighted by molar-refractivity contribution is -0.138. The van der Waals surface area contributed by atoms with Gasteiger partial charge < -0.3 is 15.0 Å². The molecule has 0 aromatic heterocycles. The Hall–Kier alpha value is -1.18. The summed E-state index contributed by atoms with van der Waals surface area (Å²) in [5.74, 6) is -1.03. The second-order valence-electron chi connectivity index (χ2n) is 4.52. The standard InChI is InChI=1S/C13H15NO4S2/c15-5-8(7-3-1-2-4-10(7)16)11(19)12-14-9(6-20-12)13(17)18/h1-5,8-9,11-12,14,16,19H,6H2,(H,17,18)/t8?,9-,11?,12+/m0/s1. The van der Waals surface area contributed by atoms with Crippen LogP contribution in [0.1, 0.15) is 11.5 Å². The van der Waals surface area contributed by atoms with Gasteiger partial charge in [0.25, 0.3) is 0 Å². The topological polar surface area (TPSA) is 86.6 Å². The van der Waals surface area contributed by atoms with Gasteiger partial charge in [-0.25, -0.2) is 0 Å². The zero-order valence-electron chi connectivity index (χ0n) is 10.5. The fourth-order valence-corrected chi connectivity index (χ4v) is 3.97. The fraction of sp³-hybridized carbons (Fsp3) is 0.385. The van der Waals surface area contributed by atoms with Crippen molar-refractivity contribution < 1.29 is 19.8 Å². The van der Waals surface area contributed by atoms with Crippen molar-refractivity contribution in [2.45, 2.75) is 22.6 Å². The summed E-state index contributed by atoms with van der Waals surface area (Å²) in [6, 6.07) is 5.97. The summed E-state index contributed by atoms with van der Waals surface area (Å²) in [7, 11) is 0. The first-order valence-electron chi connectivity index (χ1n) is 6.06. The molecular formula is C13H15NO4S2. The summed E-state index contributed by atoms with van der Waals surface area (Å²) in [4.78, 5) is 22.3. The number of hydrogen-bond acceptors (Lipinski definition) is 6. The number of carboxylic acids is 1. The Morgan fingerprint density at radius 2 is 2.20 bits per heavy atom. The molecule has 1 aliphatic heterocycles. The molecule has 0 radical (unpaired) electrons. The highest BCUT2D eigenvalue weighted by molar-refractivity contribution is 8.01. The molecule has 1 aromatic rings. The Bertz CT molecular complexity index is 511. The number of carbonyl (C=O) groups is 2. The van der Waals surface area contributed by atoms with Crippen LogP contribution in [-0.2, 0) is 9.59 Å². The van der Waals surface area contributed by atoms with Gasteiger partial charge in [0.1, 0.15) is 18.1 Å². The summed E-state index contributed by atoms with van der Waals surface area (Å²) >= 11 is 5.87. The molecule has 0 amide bonds. The number of aliphatic carboxylic acids is 1. The minimum Gasteiger partial charge on any atom is -0.508 e. The maximum atomic E-state index is 11.4. The average Bonchev–Trinajstić information content (AvgIpc) is 2.91. The zero-order valence-corrected chi connectivity index (χ0v) is 12.2. The highest BCUT2D eigenvalue weighted by Gasteiger charge is 2.37. The quantitative estimate of drug-likeness (QED) is 0.481. The Morgan fingerprint density at radius 3 is 2.75 bits per heavy atom. The van der Waals surface area contributed by atoms with Crippen molar-refractivity contribution in [1.29, 1.82) is 0 Å². The van der Waals surface area contributed by atoms with Gasteiger partial charge in [-0.1, -0.05) is 18.2 Å². The Morgan fingerprint density at radius 1 is 1.50 bits per heavy atom. The number of nitrogens with one attached hydrogen (secondary N) is 1. The summed E-state index contributed by atoms with van der Waals surface area (Å²) in [5, 5.41) is 21.1. The van der Waals surface area contributed by atoms with Crippen molar-refractivity contribution in [3.8, 4) is 5.75 Å². The monoisotopic (exact) mass is 313 g/mol. The van der Waals surface area contributed by atoms with Gasteiger partial charge in [-0.15, -0.1) is 11.8 Å². The lowest BCUT2D eigenvalue weighted by atomic mass is 9.95. The van der Waals surface area contributed by atoms with E-state index in [0.717, 1.165) is 6.29 Å². The molecule has 4 atom stereocenters. The molecule has 0 saturated carbocycles. The van der Waals surface area contributed by atoms with E-state index in [1.807, 2.05) is 0 Å². The zero-order chi connectivity index (χ0) is 14.7. The van der Waals surface area contributed by atoms with Gasteiger partial charge >= 0.3 is 5.97 Å². The number of phenolic OH excluding ortho intramolecular Hbond substituents is 1. The molecule has 0 aliphatic carbocycles. The van der Waals surface area contributed by atoms with Crippen LogP contribution < -0.4 is 5.32 Å². The van der Waals surface area contributed by atoms with Crippen LogP contribution in [-0.4, -0.2) is 44.9 Å². The lowest BCUT2D eigenvalue weighted by Crippen LogP contribution is -2.42. The fourth-order valence-electron chi connectivity index (χ4n) is 2.13. The number of para-hydroxylation sites is 1. The van der Waals surface area contributed by atoms with Crippen molar-refractivity contribution >= 4 is 36.6 Å². The molecule has 0 bridgehead atoms. The lowest BCUT2D eigenvalue weighted by Gasteiger charge is -2.24. The minimum absolute atomic E-state index is 0.0430. The molecule has 1 heterocycles. The molecule has 1 fully saturated rings. The van der Waals surface area contributed by atoms with E-state index in [9.17, 15) is 14.7 Å². The van der Waals surface area contributed by atoms with Crippen molar-refractivity contribution in [2.24, 2.45) is 0 Å². The van der Waals surface area contributed by atoms with Gasteiger partial charge in [-0.05, 0) is 6.07 Å². The predicted molar refractivity (Wildman–Crippen MR) is 80.5 cm³/mol. The Labute approximate surface area is 126 Å². The van der Waals surface area contributed by atoms with Crippen molar-refractivity contribution in [3.05, 3.63) is 29.8 Å². The van der Waals surface area contributed by atoms with Crippen LogP contribution in [0.2, 0.25) is 0 Å². The van der Waals surface area contributed by atoms with E-state index in [2.05, 4.69) is 17.9 Å². The number of aromatic hydroxyl groups is 1. The maximum absolute atomic E-state index is 11.4. The van der Waals surface area contributed by atoms with Crippen LogP contribution in [0.3, 0.4) is 0 Å². The second-order valence-corrected chi connectivity index (χ2v) is 6.29. The SMILES string of the molecule is O=CC(c1ccccc1O)C(S)[C@@H]1N[C@H](C(=O)O)CS1. The summed E-state index contributed by atoms with van der Waals surface area (Å²) < 4.78 is 0. The van der Waals surface area contributed by atoms with Gasteiger partial charge in [-0.2, -0.15) is 12.6 Å². The highest BCUT2D eigenvalue weighted by Crippen LogP contribution is 2.35. The summed E-state index contributed by atoms with van der Waals surface area (Å²) in [6.07, 6.45) is 0.739. The van der Waals surface area contributed by atoms with Gasteiger partial charge in [0.15, 0.2) is 0 Å². The van der Waals surface area contributed by atoms with E-state index in [-0.39, 0.29) is 11.1 Å². The Kier molecular flexibility index (Phi) is 4.95. The van der Waals surface area contributed by atoms with E-state index in [1.165, 1.54) is 17.8 Å². The van der Waals surface area contributed by atoms with Crippen LogP contribution in [0.5, 0.6) is 5.75 Å². The van der Waals surface area contributed by atoms with E-state index < -0.39 is 23.2 Å². The first-order valence-corrected chi connectivity index (χ1v) is 7.63. The number of carbonyl (C=O) groups excluding carboxylic acids is 1. The summed E-state index contributed by atoms with van der Waals surface area (Å²) in [5.41, 5.74) is 0.503. The average molecular weight is 313 g/mol. The molecule has 7 heteroatoms. The highest BCUT2D eigenvalue weighted by atomic mass is 32.2. The molecular weight excluding hydrogens is 298 g/mol. The molecule has 5 nitrogen and oxygen atoms in total. The van der Waals surface area contributed by atoms with Gasteiger partial charge in [0.2, 0.25) is 0 Å². The number of phenols is 1. The molecule has 1 saturated heterocycles. The number of thioether (sulfide) groups is 1. The van der Waals surface area contributed by atoms with E-state index in [0.29, 0.717) is 11.3 Å². The predicted octanol–water partition coefficient (Wildman–Crippen LogP) is 1.09. The molecule has 2 unspecified atom stereocenters. The molecule has 1 aliphatic rings. The third-order valence-electron chi connectivity index (χ3n) is 3.23. The van der Waals surface area contributed by atoms with E-state index in [4.69, 9.17) is 5.11 Å². The normalized spacial score (nSPS) is 25.1. The molecule has 2 rings (SSSR count).